The van der Waals surface area contributed by atoms with Crippen molar-refractivity contribution >= 4 is 22.0 Å². The standard InChI is InChI=1S/C20H22N2O3S/c1-17-7-5-6-8-18(17)11-12-20(23)21-13-15-22(16-14-21)26(24,25)19-9-3-2-4-10-19/h2-12H,13-16H2,1H3. The molecule has 0 aliphatic carbocycles. The molecule has 0 aromatic heterocycles. The van der Waals surface area contributed by atoms with Crippen LogP contribution in [0.4, 0.5) is 0 Å². The molecule has 136 valence electrons. The van der Waals surface area contributed by atoms with Crippen molar-refractivity contribution in [1.82, 2.24) is 9.21 Å². The summed E-state index contributed by atoms with van der Waals surface area (Å²) in [5.74, 6) is -0.0926. The highest BCUT2D eigenvalue weighted by Gasteiger charge is 2.29. The van der Waals surface area contributed by atoms with Crippen molar-refractivity contribution in [3.63, 3.8) is 0 Å². The minimum Gasteiger partial charge on any atom is -0.337 e. The second kappa shape index (κ2) is 7.85. The Labute approximate surface area is 154 Å². The highest BCUT2D eigenvalue weighted by Crippen LogP contribution is 2.17. The van der Waals surface area contributed by atoms with Gasteiger partial charge in [-0.3, -0.25) is 4.79 Å². The molecule has 1 heterocycles. The molecule has 1 saturated heterocycles. The van der Waals surface area contributed by atoms with E-state index in [4.69, 9.17) is 0 Å². The van der Waals surface area contributed by atoms with Crippen molar-refractivity contribution in [3.8, 4) is 0 Å². The lowest BCUT2D eigenvalue weighted by Gasteiger charge is -2.33. The fraction of sp³-hybridized carbons (Fsp3) is 0.250. The summed E-state index contributed by atoms with van der Waals surface area (Å²) in [4.78, 5) is 14.4. The van der Waals surface area contributed by atoms with Gasteiger partial charge in [0.05, 0.1) is 4.90 Å². The predicted molar refractivity (Wildman–Crippen MR) is 102 cm³/mol. The third-order valence-electron chi connectivity index (χ3n) is 4.53. The van der Waals surface area contributed by atoms with E-state index in [1.54, 1.807) is 41.3 Å². The molecule has 3 rings (SSSR count). The minimum absolute atomic E-state index is 0.0926. The highest BCUT2D eigenvalue weighted by molar-refractivity contribution is 7.89. The average molecular weight is 370 g/mol. The van der Waals surface area contributed by atoms with E-state index in [9.17, 15) is 13.2 Å². The fourth-order valence-corrected chi connectivity index (χ4v) is 4.37. The number of carbonyl (C=O) groups is 1. The molecule has 6 heteroatoms. The predicted octanol–water partition coefficient (Wildman–Crippen LogP) is 2.54. The largest absolute Gasteiger partial charge is 0.337 e. The molecule has 1 amide bonds. The lowest BCUT2D eigenvalue weighted by atomic mass is 10.1. The normalized spacial score (nSPS) is 16.1. The Morgan fingerprint density at radius 1 is 0.923 bits per heavy atom. The van der Waals surface area contributed by atoms with Crippen LogP contribution < -0.4 is 0 Å². The van der Waals surface area contributed by atoms with E-state index >= 15 is 0 Å². The van der Waals surface area contributed by atoms with Crippen LogP contribution in [0.1, 0.15) is 11.1 Å². The lowest BCUT2D eigenvalue weighted by Crippen LogP contribution is -2.50. The van der Waals surface area contributed by atoms with Crippen LogP contribution in [0.2, 0.25) is 0 Å². The van der Waals surface area contributed by atoms with Gasteiger partial charge >= 0.3 is 0 Å². The minimum atomic E-state index is -3.49. The van der Waals surface area contributed by atoms with E-state index < -0.39 is 10.0 Å². The maximum atomic E-state index is 12.6. The number of rotatable bonds is 4. The summed E-state index contributed by atoms with van der Waals surface area (Å²) in [5.41, 5.74) is 2.11. The van der Waals surface area contributed by atoms with Crippen LogP contribution >= 0.6 is 0 Å². The first-order valence-electron chi connectivity index (χ1n) is 8.56. The number of carbonyl (C=O) groups excluding carboxylic acids is 1. The molecule has 2 aromatic carbocycles. The summed E-state index contributed by atoms with van der Waals surface area (Å²) in [6, 6.07) is 16.3. The van der Waals surface area contributed by atoms with Crippen LogP contribution in [-0.4, -0.2) is 49.7 Å². The Morgan fingerprint density at radius 2 is 1.54 bits per heavy atom. The molecule has 1 aliphatic heterocycles. The van der Waals surface area contributed by atoms with Crippen molar-refractivity contribution in [2.75, 3.05) is 26.2 Å². The van der Waals surface area contributed by atoms with Crippen LogP contribution in [0, 0.1) is 6.92 Å². The Kier molecular flexibility index (Phi) is 5.54. The van der Waals surface area contributed by atoms with Gasteiger partial charge in [-0.15, -0.1) is 0 Å². The lowest BCUT2D eigenvalue weighted by molar-refractivity contribution is -0.127. The van der Waals surface area contributed by atoms with Crippen molar-refractivity contribution < 1.29 is 13.2 Å². The average Bonchev–Trinajstić information content (AvgIpc) is 2.68. The van der Waals surface area contributed by atoms with Gasteiger partial charge in [0.2, 0.25) is 15.9 Å². The number of sulfonamides is 1. The van der Waals surface area contributed by atoms with Crippen LogP contribution in [0.15, 0.2) is 65.6 Å². The fourth-order valence-electron chi connectivity index (χ4n) is 2.93. The molecule has 0 spiro atoms. The maximum Gasteiger partial charge on any atom is 0.246 e. The van der Waals surface area contributed by atoms with E-state index in [1.165, 1.54) is 4.31 Å². The maximum absolute atomic E-state index is 12.6. The van der Waals surface area contributed by atoms with Gasteiger partial charge in [0.15, 0.2) is 0 Å². The zero-order valence-corrected chi connectivity index (χ0v) is 15.5. The number of piperazine rings is 1. The monoisotopic (exact) mass is 370 g/mol. The van der Waals surface area contributed by atoms with Gasteiger partial charge < -0.3 is 4.90 Å². The Bertz CT molecular complexity index is 900. The first-order chi connectivity index (χ1) is 12.5. The Balaban J connectivity index is 1.62. The van der Waals surface area contributed by atoms with E-state index in [-0.39, 0.29) is 5.91 Å². The quantitative estimate of drug-likeness (QED) is 0.777. The molecule has 26 heavy (non-hydrogen) atoms. The van der Waals surface area contributed by atoms with Gasteiger partial charge in [0, 0.05) is 32.3 Å². The number of benzene rings is 2. The molecule has 0 unspecified atom stereocenters. The molecular weight excluding hydrogens is 348 g/mol. The first kappa shape index (κ1) is 18.4. The third-order valence-corrected chi connectivity index (χ3v) is 6.44. The van der Waals surface area contributed by atoms with Crippen LogP contribution in [0.25, 0.3) is 6.08 Å². The van der Waals surface area contributed by atoms with Gasteiger partial charge in [0.1, 0.15) is 0 Å². The van der Waals surface area contributed by atoms with Gasteiger partial charge in [-0.2, -0.15) is 4.31 Å². The molecule has 0 atom stereocenters. The zero-order chi connectivity index (χ0) is 18.6. The first-order valence-corrected chi connectivity index (χ1v) is 10.0. The summed E-state index contributed by atoms with van der Waals surface area (Å²) in [5, 5.41) is 0. The summed E-state index contributed by atoms with van der Waals surface area (Å²) in [6.07, 6.45) is 3.37. The van der Waals surface area contributed by atoms with E-state index in [1.807, 2.05) is 37.3 Å². The molecule has 0 saturated carbocycles. The highest BCUT2D eigenvalue weighted by atomic mass is 32.2. The molecule has 2 aromatic rings. The second-order valence-electron chi connectivity index (χ2n) is 6.23. The van der Waals surface area contributed by atoms with E-state index in [2.05, 4.69) is 0 Å². The Morgan fingerprint density at radius 3 is 2.19 bits per heavy atom. The van der Waals surface area contributed by atoms with Crippen LogP contribution in [-0.2, 0) is 14.8 Å². The number of amides is 1. The van der Waals surface area contributed by atoms with Crippen molar-refractivity contribution in [2.24, 2.45) is 0 Å². The van der Waals surface area contributed by atoms with Crippen LogP contribution in [0.3, 0.4) is 0 Å². The summed E-state index contributed by atoms with van der Waals surface area (Å²) < 4.78 is 26.7. The van der Waals surface area contributed by atoms with Gasteiger partial charge in [-0.1, -0.05) is 42.5 Å². The number of nitrogens with zero attached hydrogens (tertiary/aromatic N) is 2. The smallest absolute Gasteiger partial charge is 0.246 e. The number of hydrogen-bond donors (Lipinski definition) is 0. The molecule has 0 N–H and O–H groups in total. The van der Waals surface area contributed by atoms with Crippen molar-refractivity contribution in [3.05, 3.63) is 71.8 Å². The molecule has 0 radical (unpaired) electrons. The van der Waals surface area contributed by atoms with Gasteiger partial charge in [0.25, 0.3) is 0 Å². The van der Waals surface area contributed by atoms with Crippen LogP contribution in [0.5, 0.6) is 0 Å². The summed E-state index contributed by atoms with van der Waals surface area (Å²) in [6.45, 7) is 3.39. The topological polar surface area (TPSA) is 57.7 Å². The molecule has 0 bridgehead atoms. The third kappa shape index (κ3) is 4.03. The number of hydrogen-bond acceptors (Lipinski definition) is 3. The molecule has 5 nitrogen and oxygen atoms in total. The Hall–Kier alpha value is -2.44. The van der Waals surface area contributed by atoms with Gasteiger partial charge in [-0.05, 0) is 36.3 Å². The SMILES string of the molecule is Cc1ccccc1C=CC(=O)N1CCN(S(=O)(=O)c2ccccc2)CC1. The molecule has 1 fully saturated rings. The van der Waals surface area contributed by atoms with Crippen molar-refractivity contribution in [1.29, 1.82) is 0 Å². The van der Waals surface area contributed by atoms with Crippen molar-refractivity contribution in [2.45, 2.75) is 11.8 Å². The molecular formula is C20H22N2O3S. The summed E-state index contributed by atoms with van der Waals surface area (Å²) in [7, 11) is -3.49. The van der Waals surface area contributed by atoms with Gasteiger partial charge in [-0.25, -0.2) is 8.42 Å². The second-order valence-corrected chi connectivity index (χ2v) is 8.17. The number of aryl methyl sites for hydroxylation is 1. The van der Waals surface area contributed by atoms with E-state index in [0.29, 0.717) is 31.1 Å². The van der Waals surface area contributed by atoms with E-state index in [0.717, 1.165) is 11.1 Å². The summed E-state index contributed by atoms with van der Waals surface area (Å²) >= 11 is 0. The zero-order valence-electron chi connectivity index (χ0n) is 14.7. The molecule has 1 aliphatic rings.